The Morgan fingerprint density at radius 3 is 2.53 bits per heavy atom. The molecule has 0 saturated heterocycles. The second kappa shape index (κ2) is 5.20. The third kappa shape index (κ3) is 3.26. The minimum atomic E-state index is 0.607. The Morgan fingerprint density at radius 2 is 1.87 bits per heavy atom. The van der Waals surface area contributed by atoms with E-state index >= 15 is 0 Å². The summed E-state index contributed by atoms with van der Waals surface area (Å²) in [5.41, 5.74) is 1.25. The monoisotopic (exact) mass is 203 g/mol. The normalized spacial score (nSPS) is 19.0. The summed E-state index contributed by atoms with van der Waals surface area (Å²) < 4.78 is 0. The van der Waals surface area contributed by atoms with Crippen molar-refractivity contribution in [3.05, 3.63) is 30.3 Å². The standard InChI is InChI=1S/C14H21N/c1-12(11-13-7-5-6-8-13)15-14-9-3-2-4-10-14/h2-4,9-10,12-13,15H,5-8,11H2,1H3. The fourth-order valence-corrected chi connectivity index (χ4v) is 2.62. The van der Waals surface area contributed by atoms with Crippen LogP contribution >= 0.6 is 0 Å². The largest absolute Gasteiger partial charge is 0.383 e. The number of rotatable bonds is 4. The molecule has 1 N–H and O–H groups in total. The molecule has 1 aliphatic rings. The third-order valence-corrected chi connectivity index (χ3v) is 3.35. The summed E-state index contributed by atoms with van der Waals surface area (Å²) in [7, 11) is 0. The van der Waals surface area contributed by atoms with E-state index < -0.39 is 0 Å². The van der Waals surface area contributed by atoms with Gasteiger partial charge < -0.3 is 5.32 Å². The Balaban J connectivity index is 1.79. The molecule has 0 aromatic heterocycles. The van der Waals surface area contributed by atoms with E-state index in [2.05, 4.69) is 42.6 Å². The SMILES string of the molecule is CC(CC1CCCC1)Nc1ccccc1. The predicted octanol–water partition coefficient (Wildman–Crippen LogP) is 4.07. The van der Waals surface area contributed by atoms with E-state index in [1.807, 2.05) is 0 Å². The van der Waals surface area contributed by atoms with Gasteiger partial charge in [-0.3, -0.25) is 0 Å². The van der Waals surface area contributed by atoms with Gasteiger partial charge in [0.05, 0.1) is 0 Å². The van der Waals surface area contributed by atoms with Crippen molar-refractivity contribution < 1.29 is 0 Å². The lowest BCUT2D eigenvalue weighted by molar-refractivity contribution is 0.472. The van der Waals surface area contributed by atoms with Crippen molar-refractivity contribution in [2.45, 2.75) is 45.1 Å². The van der Waals surface area contributed by atoms with Crippen molar-refractivity contribution in [3.8, 4) is 0 Å². The summed E-state index contributed by atoms with van der Waals surface area (Å²) >= 11 is 0. The topological polar surface area (TPSA) is 12.0 Å². The number of benzene rings is 1. The number of hydrogen-bond acceptors (Lipinski definition) is 1. The third-order valence-electron chi connectivity index (χ3n) is 3.35. The van der Waals surface area contributed by atoms with Gasteiger partial charge in [-0.05, 0) is 31.4 Å². The van der Waals surface area contributed by atoms with Crippen LogP contribution < -0.4 is 5.32 Å². The van der Waals surface area contributed by atoms with E-state index in [0.717, 1.165) is 5.92 Å². The van der Waals surface area contributed by atoms with E-state index in [-0.39, 0.29) is 0 Å². The van der Waals surface area contributed by atoms with Crippen LogP contribution in [0.1, 0.15) is 39.0 Å². The number of nitrogens with one attached hydrogen (secondary N) is 1. The molecule has 0 radical (unpaired) electrons. The summed E-state index contributed by atoms with van der Waals surface area (Å²) in [5, 5.41) is 3.57. The first-order valence-corrected chi connectivity index (χ1v) is 6.16. The Morgan fingerprint density at radius 1 is 1.20 bits per heavy atom. The van der Waals surface area contributed by atoms with Crippen molar-refractivity contribution >= 4 is 5.69 Å². The van der Waals surface area contributed by atoms with Gasteiger partial charge in [-0.15, -0.1) is 0 Å². The molecule has 0 amide bonds. The van der Waals surface area contributed by atoms with Gasteiger partial charge in [0.1, 0.15) is 0 Å². The molecule has 1 aromatic rings. The Labute approximate surface area is 92.9 Å². The number of anilines is 1. The smallest absolute Gasteiger partial charge is 0.0342 e. The molecule has 1 fully saturated rings. The molecule has 1 saturated carbocycles. The molecule has 15 heavy (non-hydrogen) atoms. The number of para-hydroxylation sites is 1. The average Bonchev–Trinajstić information content (AvgIpc) is 2.71. The van der Waals surface area contributed by atoms with Crippen LogP contribution in [0.2, 0.25) is 0 Å². The Kier molecular flexibility index (Phi) is 3.65. The van der Waals surface area contributed by atoms with Crippen LogP contribution in [-0.4, -0.2) is 6.04 Å². The lowest BCUT2D eigenvalue weighted by Crippen LogP contribution is -2.18. The van der Waals surface area contributed by atoms with E-state index in [0.29, 0.717) is 6.04 Å². The quantitative estimate of drug-likeness (QED) is 0.778. The van der Waals surface area contributed by atoms with E-state index in [1.165, 1.54) is 37.8 Å². The van der Waals surface area contributed by atoms with E-state index in [1.54, 1.807) is 0 Å². The van der Waals surface area contributed by atoms with Crippen LogP contribution in [-0.2, 0) is 0 Å². The molecular weight excluding hydrogens is 182 g/mol. The highest BCUT2D eigenvalue weighted by Crippen LogP contribution is 2.29. The van der Waals surface area contributed by atoms with E-state index in [9.17, 15) is 0 Å². The zero-order chi connectivity index (χ0) is 10.5. The lowest BCUT2D eigenvalue weighted by atomic mass is 9.99. The molecule has 0 aliphatic heterocycles. The van der Waals surface area contributed by atoms with Crippen LogP contribution in [0.15, 0.2) is 30.3 Å². The molecule has 1 aliphatic carbocycles. The molecule has 0 heterocycles. The maximum atomic E-state index is 3.57. The minimum absolute atomic E-state index is 0.607. The van der Waals surface area contributed by atoms with Crippen molar-refractivity contribution in [1.82, 2.24) is 0 Å². The van der Waals surface area contributed by atoms with Crippen molar-refractivity contribution in [3.63, 3.8) is 0 Å². The molecule has 1 atom stereocenters. The van der Waals surface area contributed by atoms with Gasteiger partial charge in [-0.25, -0.2) is 0 Å². The highest BCUT2D eigenvalue weighted by Gasteiger charge is 2.17. The number of hydrogen-bond donors (Lipinski definition) is 1. The Hall–Kier alpha value is -0.980. The summed E-state index contributed by atoms with van der Waals surface area (Å²) in [6.45, 7) is 2.30. The van der Waals surface area contributed by atoms with Crippen LogP contribution in [0.3, 0.4) is 0 Å². The van der Waals surface area contributed by atoms with Crippen LogP contribution in [0.5, 0.6) is 0 Å². The van der Waals surface area contributed by atoms with Crippen molar-refractivity contribution in [2.75, 3.05) is 5.32 Å². The Bertz CT molecular complexity index is 275. The fourth-order valence-electron chi connectivity index (χ4n) is 2.62. The predicted molar refractivity (Wildman–Crippen MR) is 66.1 cm³/mol. The maximum absolute atomic E-state index is 3.57. The molecular formula is C14H21N. The zero-order valence-electron chi connectivity index (χ0n) is 9.58. The molecule has 0 bridgehead atoms. The molecule has 1 heteroatoms. The van der Waals surface area contributed by atoms with Crippen molar-refractivity contribution in [2.24, 2.45) is 5.92 Å². The van der Waals surface area contributed by atoms with Gasteiger partial charge in [0.25, 0.3) is 0 Å². The average molecular weight is 203 g/mol. The van der Waals surface area contributed by atoms with Crippen LogP contribution in [0.25, 0.3) is 0 Å². The first-order chi connectivity index (χ1) is 7.34. The second-order valence-corrected chi connectivity index (χ2v) is 4.80. The highest BCUT2D eigenvalue weighted by atomic mass is 14.9. The summed E-state index contributed by atoms with van der Waals surface area (Å²) in [5.74, 6) is 0.969. The molecule has 1 aromatic carbocycles. The molecule has 1 unspecified atom stereocenters. The summed E-state index contributed by atoms with van der Waals surface area (Å²) in [4.78, 5) is 0. The van der Waals surface area contributed by atoms with Crippen LogP contribution in [0.4, 0.5) is 5.69 Å². The van der Waals surface area contributed by atoms with Gasteiger partial charge >= 0.3 is 0 Å². The fraction of sp³-hybridized carbons (Fsp3) is 0.571. The van der Waals surface area contributed by atoms with Crippen molar-refractivity contribution in [1.29, 1.82) is 0 Å². The molecule has 82 valence electrons. The summed E-state index contributed by atoms with van der Waals surface area (Å²) in [6.07, 6.45) is 7.11. The highest BCUT2D eigenvalue weighted by molar-refractivity contribution is 5.43. The first kappa shape index (κ1) is 10.5. The van der Waals surface area contributed by atoms with Gasteiger partial charge in [0.2, 0.25) is 0 Å². The van der Waals surface area contributed by atoms with Crippen LogP contribution in [0, 0.1) is 5.92 Å². The zero-order valence-corrected chi connectivity index (χ0v) is 9.58. The maximum Gasteiger partial charge on any atom is 0.0342 e. The van der Waals surface area contributed by atoms with Gasteiger partial charge in [-0.2, -0.15) is 0 Å². The molecule has 2 rings (SSSR count). The first-order valence-electron chi connectivity index (χ1n) is 6.16. The minimum Gasteiger partial charge on any atom is -0.383 e. The summed E-state index contributed by atoms with van der Waals surface area (Å²) in [6, 6.07) is 11.1. The molecule has 0 spiro atoms. The van der Waals surface area contributed by atoms with E-state index in [4.69, 9.17) is 0 Å². The van der Waals surface area contributed by atoms with Gasteiger partial charge in [0, 0.05) is 11.7 Å². The van der Waals surface area contributed by atoms with Gasteiger partial charge in [0.15, 0.2) is 0 Å². The molecule has 1 nitrogen and oxygen atoms in total. The van der Waals surface area contributed by atoms with Gasteiger partial charge in [-0.1, -0.05) is 43.9 Å². The second-order valence-electron chi connectivity index (χ2n) is 4.80. The lowest BCUT2D eigenvalue weighted by Gasteiger charge is -2.18.